The first-order chi connectivity index (χ1) is 11.3. The van der Waals surface area contributed by atoms with E-state index in [1.807, 2.05) is 6.07 Å². The molecule has 0 aliphatic carbocycles. The Balaban J connectivity index is 2.60. The third kappa shape index (κ3) is 6.66. The lowest BCUT2D eigenvalue weighted by atomic mass is 10.1. The van der Waals surface area contributed by atoms with Gasteiger partial charge in [0.15, 0.2) is 5.78 Å². The standard InChI is InChI=1S/C19H24N2O3/c1-14(15(2)22)20-19(24)17-11-8-10-16(13-17)9-6-5-7-12-18(23)21(3)4/h8,10-11,13-14H,5,7,12H2,1-4H3,(H,20,24). The molecule has 1 atom stereocenters. The van der Waals surface area contributed by atoms with Gasteiger partial charge < -0.3 is 10.2 Å². The lowest BCUT2D eigenvalue weighted by molar-refractivity contribution is -0.128. The van der Waals surface area contributed by atoms with E-state index in [1.165, 1.54) is 6.92 Å². The van der Waals surface area contributed by atoms with Crippen molar-refractivity contribution in [2.45, 2.75) is 39.2 Å². The van der Waals surface area contributed by atoms with Gasteiger partial charge in [0, 0.05) is 38.1 Å². The van der Waals surface area contributed by atoms with Crippen LogP contribution in [0, 0.1) is 11.8 Å². The number of hydrogen-bond donors (Lipinski definition) is 1. The summed E-state index contributed by atoms with van der Waals surface area (Å²) >= 11 is 0. The number of unbranched alkanes of at least 4 members (excludes halogenated alkanes) is 1. The lowest BCUT2D eigenvalue weighted by Crippen LogP contribution is -2.37. The molecule has 5 nitrogen and oxygen atoms in total. The number of carbonyl (C=O) groups is 3. The van der Waals surface area contributed by atoms with Gasteiger partial charge in [-0.2, -0.15) is 0 Å². The lowest BCUT2D eigenvalue weighted by Gasteiger charge is -2.10. The summed E-state index contributed by atoms with van der Waals surface area (Å²) < 4.78 is 0. The van der Waals surface area contributed by atoms with Crippen LogP contribution in [0.5, 0.6) is 0 Å². The average molecular weight is 328 g/mol. The second kappa shape index (κ2) is 9.51. The van der Waals surface area contributed by atoms with Crippen molar-refractivity contribution in [3.05, 3.63) is 35.4 Å². The van der Waals surface area contributed by atoms with Crippen molar-refractivity contribution in [1.82, 2.24) is 10.2 Å². The van der Waals surface area contributed by atoms with Crippen LogP contribution in [0.4, 0.5) is 0 Å². The maximum Gasteiger partial charge on any atom is 0.251 e. The zero-order valence-corrected chi connectivity index (χ0v) is 14.7. The smallest absolute Gasteiger partial charge is 0.251 e. The molecule has 0 saturated carbocycles. The molecule has 0 aliphatic heterocycles. The quantitative estimate of drug-likeness (QED) is 0.641. The molecule has 24 heavy (non-hydrogen) atoms. The van der Waals surface area contributed by atoms with E-state index in [9.17, 15) is 14.4 Å². The van der Waals surface area contributed by atoms with Gasteiger partial charge in [-0.05, 0) is 38.5 Å². The summed E-state index contributed by atoms with van der Waals surface area (Å²) in [5.41, 5.74) is 1.20. The van der Waals surface area contributed by atoms with E-state index in [1.54, 1.807) is 44.1 Å². The predicted octanol–water partition coefficient (Wildman–Crippen LogP) is 2.00. The molecule has 0 fully saturated rings. The number of ketones is 1. The first kappa shape index (κ1) is 19.4. The molecule has 0 saturated heterocycles. The van der Waals surface area contributed by atoms with Crippen molar-refractivity contribution in [3.8, 4) is 11.8 Å². The third-order valence-electron chi connectivity index (χ3n) is 3.51. The Morgan fingerprint density at radius 1 is 1.25 bits per heavy atom. The first-order valence-electron chi connectivity index (χ1n) is 7.91. The molecule has 128 valence electrons. The highest BCUT2D eigenvalue weighted by molar-refractivity contribution is 5.97. The van der Waals surface area contributed by atoms with Crippen molar-refractivity contribution in [1.29, 1.82) is 0 Å². The zero-order chi connectivity index (χ0) is 18.1. The number of nitrogens with zero attached hydrogens (tertiary/aromatic N) is 1. The van der Waals surface area contributed by atoms with Gasteiger partial charge in [0.2, 0.25) is 5.91 Å². The van der Waals surface area contributed by atoms with E-state index < -0.39 is 6.04 Å². The van der Waals surface area contributed by atoms with Gasteiger partial charge in [-0.1, -0.05) is 17.9 Å². The minimum atomic E-state index is -0.513. The summed E-state index contributed by atoms with van der Waals surface area (Å²) in [6.07, 6.45) is 1.81. The molecule has 1 aromatic rings. The maximum absolute atomic E-state index is 12.1. The van der Waals surface area contributed by atoms with Crippen molar-refractivity contribution < 1.29 is 14.4 Å². The normalized spacial score (nSPS) is 11.0. The van der Waals surface area contributed by atoms with Crippen LogP contribution >= 0.6 is 0 Å². The van der Waals surface area contributed by atoms with E-state index >= 15 is 0 Å². The van der Waals surface area contributed by atoms with Crippen molar-refractivity contribution in [3.63, 3.8) is 0 Å². The van der Waals surface area contributed by atoms with Crippen LogP contribution in [0.1, 0.15) is 49.0 Å². The fraction of sp³-hybridized carbons (Fsp3) is 0.421. The van der Waals surface area contributed by atoms with Crippen LogP contribution in [0.15, 0.2) is 24.3 Å². The number of carbonyl (C=O) groups excluding carboxylic acids is 3. The fourth-order valence-corrected chi connectivity index (χ4v) is 1.84. The number of nitrogens with one attached hydrogen (secondary N) is 1. The Bertz CT molecular complexity index is 669. The fourth-order valence-electron chi connectivity index (χ4n) is 1.84. The Kier molecular flexibility index (Phi) is 7.70. The van der Waals surface area contributed by atoms with E-state index in [4.69, 9.17) is 0 Å². The van der Waals surface area contributed by atoms with Crippen LogP contribution in [-0.2, 0) is 9.59 Å². The van der Waals surface area contributed by atoms with Crippen molar-refractivity contribution >= 4 is 17.6 Å². The summed E-state index contributed by atoms with van der Waals surface area (Å²) in [4.78, 5) is 36.3. The van der Waals surface area contributed by atoms with E-state index in [2.05, 4.69) is 17.2 Å². The van der Waals surface area contributed by atoms with Gasteiger partial charge in [-0.15, -0.1) is 0 Å². The molecule has 1 unspecified atom stereocenters. The number of amides is 2. The Morgan fingerprint density at radius 3 is 2.58 bits per heavy atom. The average Bonchev–Trinajstić information content (AvgIpc) is 2.54. The van der Waals surface area contributed by atoms with Crippen LogP contribution in [0.25, 0.3) is 0 Å². The van der Waals surface area contributed by atoms with Gasteiger partial charge >= 0.3 is 0 Å². The Labute approximate surface area is 143 Å². The summed E-state index contributed by atoms with van der Waals surface area (Å²) in [6.45, 7) is 3.09. The molecule has 0 bridgehead atoms. The second-order valence-corrected chi connectivity index (χ2v) is 5.83. The highest BCUT2D eigenvalue weighted by Crippen LogP contribution is 2.05. The minimum absolute atomic E-state index is 0.0911. The number of hydrogen-bond acceptors (Lipinski definition) is 3. The van der Waals surface area contributed by atoms with Gasteiger partial charge in [0.25, 0.3) is 5.91 Å². The molecule has 5 heteroatoms. The summed E-state index contributed by atoms with van der Waals surface area (Å²) in [6, 6.07) is 6.45. The predicted molar refractivity (Wildman–Crippen MR) is 93.5 cm³/mol. The summed E-state index contributed by atoms with van der Waals surface area (Å²) in [5.74, 6) is 5.72. The second-order valence-electron chi connectivity index (χ2n) is 5.83. The van der Waals surface area contributed by atoms with E-state index in [-0.39, 0.29) is 17.6 Å². The van der Waals surface area contributed by atoms with Crippen LogP contribution in [0.3, 0.4) is 0 Å². The monoisotopic (exact) mass is 328 g/mol. The van der Waals surface area contributed by atoms with E-state index in [0.29, 0.717) is 24.8 Å². The highest BCUT2D eigenvalue weighted by atomic mass is 16.2. The first-order valence-corrected chi connectivity index (χ1v) is 7.91. The Morgan fingerprint density at radius 2 is 1.96 bits per heavy atom. The molecular formula is C19H24N2O3. The van der Waals surface area contributed by atoms with Gasteiger partial charge in [0.1, 0.15) is 0 Å². The van der Waals surface area contributed by atoms with Crippen molar-refractivity contribution in [2.24, 2.45) is 0 Å². The largest absolute Gasteiger partial charge is 0.349 e. The third-order valence-corrected chi connectivity index (χ3v) is 3.51. The number of rotatable bonds is 6. The zero-order valence-electron chi connectivity index (χ0n) is 14.7. The van der Waals surface area contributed by atoms with Crippen LogP contribution in [-0.4, -0.2) is 42.6 Å². The molecule has 1 N–H and O–H groups in total. The molecular weight excluding hydrogens is 304 g/mol. The van der Waals surface area contributed by atoms with Crippen LogP contribution in [0.2, 0.25) is 0 Å². The van der Waals surface area contributed by atoms with Crippen LogP contribution < -0.4 is 5.32 Å². The van der Waals surface area contributed by atoms with Gasteiger partial charge in [0.05, 0.1) is 6.04 Å². The minimum Gasteiger partial charge on any atom is -0.349 e. The molecule has 0 heterocycles. The summed E-state index contributed by atoms with van der Waals surface area (Å²) in [5, 5.41) is 2.64. The molecule has 0 spiro atoms. The van der Waals surface area contributed by atoms with E-state index in [0.717, 1.165) is 5.56 Å². The Hall–Kier alpha value is -2.61. The molecule has 0 aliphatic rings. The molecule has 1 aromatic carbocycles. The highest BCUT2D eigenvalue weighted by Gasteiger charge is 2.12. The molecule has 2 amide bonds. The molecule has 0 radical (unpaired) electrons. The number of Topliss-reactive ketones (excluding diaryl/α,β-unsaturated/α-hetero) is 1. The number of benzene rings is 1. The molecule has 1 rings (SSSR count). The maximum atomic E-state index is 12.1. The van der Waals surface area contributed by atoms with Crippen molar-refractivity contribution in [2.75, 3.05) is 14.1 Å². The SMILES string of the molecule is CC(=O)C(C)NC(=O)c1cccc(C#CCCCC(=O)N(C)C)c1. The summed E-state index contributed by atoms with van der Waals surface area (Å²) in [7, 11) is 3.47. The van der Waals surface area contributed by atoms with Gasteiger partial charge in [-0.25, -0.2) is 0 Å². The van der Waals surface area contributed by atoms with Gasteiger partial charge in [-0.3, -0.25) is 14.4 Å². The molecule has 0 aromatic heterocycles. The topological polar surface area (TPSA) is 66.5 Å².